The molecular formula is C14H31Cl2N. The topological polar surface area (TPSA) is 12.0 Å². The number of nitrogens with one attached hydrogen (secondary N) is 1. The summed E-state index contributed by atoms with van der Waals surface area (Å²) in [4.78, 5) is 0. The van der Waals surface area contributed by atoms with E-state index in [-0.39, 0.29) is 12.4 Å². The predicted molar refractivity (Wildman–Crippen MR) is 82.7 cm³/mol. The van der Waals surface area contributed by atoms with Gasteiger partial charge in [-0.1, -0.05) is 51.9 Å². The summed E-state index contributed by atoms with van der Waals surface area (Å²) >= 11 is 5.62. The monoisotopic (exact) mass is 283 g/mol. The zero-order valence-electron chi connectivity index (χ0n) is 11.5. The van der Waals surface area contributed by atoms with Crippen molar-refractivity contribution in [2.45, 2.75) is 71.1 Å². The van der Waals surface area contributed by atoms with Crippen LogP contribution in [0.25, 0.3) is 0 Å². The lowest BCUT2D eigenvalue weighted by molar-refractivity contribution is 0.552. The largest absolute Gasteiger partial charge is 0.317 e. The smallest absolute Gasteiger partial charge is 0.0223 e. The highest BCUT2D eigenvalue weighted by molar-refractivity contribution is 6.17. The van der Waals surface area contributed by atoms with Gasteiger partial charge in [0.05, 0.1) is 0 Å². The van der Waals surface area contributed by atoms with E-state index >= 15 is 0 Å². The fourth-order valence-electron chi connectivity index (χ4n) is 1.85. The van der Waals surface area contributed by atoms with Crippen LogP contribution in [0.2, 0.25) is 0 Å². The lowest BCUT2D eigenvalue weighted by Crippen LogP contribution is -2.16. The third kappa shape index (κ3) is 19.1. The molecule has 0 aliphatic carbocycles. The van der Waals surface area contributed by atoms with Crippen LogP contribution in [0.5, 0.6) is 0 Å². The minimum absolute atomic E-state index is 0. The molecule has 0 aromatic rings. The number of hydrogen-bond donors (Lipinski definition) is 1. The summed E-state index contributed by atoms with van der Waals surface area (Å²) in [6.07, 6.45) is 13.4. The van der Waals surface area contributed by atoms with E-state index < -0.39 is 0 Å². The number of hydrogen-bond acceptors (Lipinski definition) is 1. The van der Waals surface area contributed by atoms with Gasteiger partial charge in [-0.05, 0) is 32.4 Å². The first kappa shape index (κ1) is 19.9. The lowest BCUT2D eigenvalue weighted by atomic mass is 10.1. The van der Waals surface area contributed by atoms with Crippen LogP contribution in [0.3, 0.4) is 0 Å². The van der Waals surface area contributed by atoms with Crippen molar-refractivity contribution < 1.29 is 0 Å². The maximum absolute atomic E-state index is 5.62. The first-order valence-corrected chi connectivity index (χ1v) is 7.72. The van der Waals surface area contributed by atoms with Crippen LogP contribution in [-0.2, 0) is 0 Å². The van der Waals surface area contributed by atoms with Crippen molar-refractivity contribution in [2.24, 2.45) is 0 Å². The number of unbranched alkanes of at least 4 members (excludes halogenated alkanes) is 8. The molecule has 0 aliphatic rings. The Bertz CT molecular complexity index is 107. The van der Waals surface area contributed by atoms with E-state index in [2.05, 4.69) is 12.2 Å². The van der Waals surface area contributed by atoms with E-state index in [9.17, 15) is 0 Å². The highest BCUT2D eigenvalue weighted by atomic mass is 35.5. The van der Waals surface area contributed by atoms with Gasteiger partial charge in [0.25, 0.3) is 0 Å². The van der Waals surface area contributed by atoms with Gasteiger partial charge in [0, 0.05) is 5.88 Å². The molecule has 0 aromatic carbocycles. The Labute approximate surface area is 119 Å². The normalized spacial score (nSPS) is 10.2. The molecule has 0 saturated heterocycles. The van der Waals surface area contributed by atoms with Gasteiger partial charge in [0.15, 0.2) is 0 Å². The maximum Gasteiger partial charge on any atom is 0.0223 e. The molecule has 0 spiro atoms. The summed E-state index contributed by atoms with van der Waals surface area (Å²) in [7, 11) is 0. The molecule has 0 aliphatic heterocycles. The van der Waals surface area contributed by atoms with E-state index in [1.165, 1.54) is 77.3 Å². The third-order valence-corrected chi connectivity index (χ3v) is 3.21. The minimum Gasteiger partial charge on any atom is -0.317 e. The van der Waals surface area contributed by atoms with Crippen LogP contribution in [0.4, 0.5) is 0 Å². The average Bonchev–Trinajstić information content (AvgIpc) is 2.31. The molecule has 1 nitrogen and oxygen atoms in total. The highest BCUT2D eigenvalue weighted by Crippen LogP contribution is 2.05. The SMILES string of the molecule is CCCCCCNCCCCCCCCCl.Cl. The molecule has 0 unspecified atom stereocenters. The third-order valence-electron chi connectivity index (χ3n) is 2.94. The Morgan fingerprint density at radius 1 is 0.706 bits per heavy atom. The van der Waals surface area contributed by atoms with E-state index in [1.807, 2.05) is 0 Å². The quantitative estimate of drug-likeness (QED) is 0.364. The van der Waals surface area contributed by atoms with Gasteiger partial charge in [0.1, 0.15) is 0 Å². The fourth-order valence-corrected chi connectivity index (χ4v) is 2.04. The van der Waals surface area contributed by atoms with Crippen molar-refractivity contribution >= 4 is 24.0 Å². The number of halogens is 2. The Hall–Kier alpha value is 0.540. The molecule has 0 saturated carbocycles. The van der Waals surface area contributed by atoms with E-state index in [0.717, 1.165) is 5.88 Å². The molecule has 1 N–H and O–H groups in total. The Morgan fingerprint density at radius 2 is 1.18 bits per heavy atom. The van der Waals surface area contributed by atoms with Crippen LogP contribution >= 0.6 is 24.0 Å². The molecule has 0 heterocycles. The van der Waals surface area contributed by atoms with E-state index in [0.29, 0.717) is 0 Å². The maximum atomic E-state index is 5.62. The average molecular weight is 284 g/mol. The summed E-state index contributed by atoms with van der Waals surface area (Å²) in [6, 6.07) is 0. The second kappa shape index (κ2) is 18.9. The van der Waals surface area contributed by atoms with Crippen molar-refractivity contribution in [1.82, 2.24) is 5.32 Å². The van der Waals surface area contributed by atoms with Crippen molar-refractivity contribution in [2.75, 3.05) is 19.0 Å². The van der Waals surface area contributed by atoms with Gasteiger partial charge in [0.2, 0.25) is 0 Å². The molecule has 0 atom stereocenters. The second-order valence-electron chi connectivity index (χ2n) is 4.62. The van der Waals surface area contributed by atoms with Gasteiger partial charge in [-0.3, -0.25) is 0 Å². The standard InChI is InChI=1S/C14H30ClN.ClH/c1-2-3-4-10-13-16-14-11-8-6-5-7-9-12-15;/h16H,2-14H2,1H3;1H. The Kier molecular flexibility index (Phi) is 22.1. The van der Waals surface area contributed by atoms with Crippen molar-refractivity contribution in [3.8, 4) is 0 Å². The molecule has 17 heavy (non-hydrogen) atoms. The van der Waals surface area contributed by atoms with Gasteiger partial charge in [-0.25, -0.2) is 0 Å². The van der Waals surface area contributed by atoms with Crippen molar-refractivity contribution in [3.05, 3.63) is 0 Å². The predicted octanol–water partition coefficient (Wildman–Crippen LogP) is 5.16. The molecule has 0 radical (unpaired) electrons. The molecular weight excluding hydrogens is 253 g/mol. The van der Waals surface area contributed by atoms with Crippen LogP contribution in [-0.4, -0.2) is 19.0 Å². The zero-order valence-corrected chi connectivity index (χ0v) is 13.1. The van der Waals surface area contributed by atoms with Crippen LogP contribution in [0.1, 0.15) is 71.1 Å². The van der Waals surface area contributed by atoms with Crippen LogP contribution < -0.4 is 5.32 Å². The summed E-state index contributed by atoms with van der Waals surface area (Å²) in [5.41, 5.74) is 0. The van der Waals surface area contributed by atoms with Crippen LogP contribution in [0, 0.1) is 0 Å². The molecule has 0 aromatic heterocycles. The highest BCUT2D eigenvalue weighted by Gasteiger charge is 1.91. The molecule has 0 fully saturated rings. The Balaban J connectivity index is 0. The molecule has 106 valence electrons. The van der Waals surface area contributed by atoms with E-state index in [1.54, 1.807) is 0 Å². The summed E-state index contributed by atoms with van der Waals surface area (Å²) in [6.45, 7) is 4.69. The number of alkyl halides is 1. The molecule has 0 amide bonds. The minimum atomic E-state index is 0. The van der Waals surface area contributed by atoms with Gasteiger partial charge >= 0.3 is 0 Å². The second-order valence-corrected chi connectivity index (χ2v) is 5.00. The summed E-state index contributed by atoms with van der Waals surface area (Å²) in [5.74, 6) is 0.833. The molecule has 0 rings (SSSR count). The Morgan fingerprint density at radius 3 is 1.71 bits per heavy atom. The lowest BCUT2D eigenvalue weighted by Gasteiger charge is -2.04. The fraction of sp³-hybridized carbons (Fsp3) is 1.00. The summed E-state index contributed by atoms with van der Waals surface area (Å²) < 4.78 is 0. The first-order valence-electron chi connectivity index (χ1n) is 7.18. The van der Waals surface area contributed by atoms with Crippen molar-refractivity contribution in [1.29, 1.82) is 0 Å². The van der Waals surface area contributed by atoms with Crippen LogP contribution in [0.15, 0.2) is 0 Å². The first-order chi connectivity index (χ1) is 7.91. The number of rotatable bonds is 13. The van der Waals surface area contributed by atoms with E-state index in [4.69, 9.17) is 11.6 Å². The molecule has 0 bridgehead atoms. The van der Waals surface area contributed by atoms with Gasteiger partial charge in [-0.15, -0.1) is 24.0 Å². The van der Waals surface area contributed by atoms with Crippen molar-refractivity contribution in [3.63, 3.8) is 0 Å². The van der Waals surface area contributed by atoms with Gasteiger partial charge < -0.3 is 5.32 Å². The zero-order chi connectivity index (χ0) is 11.9. The van der Waals surface area contributed by atoms with Gasteiger partial charge in [-0.2, -0.15) is 0 Å². The summed E-state index contributed by atoms with van der Waals surface area (Å²) in [5, 5.41) is 3.53. The molecule has 3 heteroatoms.